The third-order valence-corrected chi connectivity index (χ3v) is 4.42. The fourth-order valence-electron chi connectivity index (χ4n) is 2.94. The highest BCUT2D eigenvalue weighted by atomic mass is 19.4. The zero-order chi connectivity index (χ0) is 20.0. The Kier molecular flexibility index (Phi) is 6.53. The molecule has 28 heavy (non-hydrogen) atoms. The van der Waals surface area contributed by atoms with Crippen LogP contribution in [0.4, 0.5) is 36.2 Å². The summed E-state index contributed by atoms with van der Waals surface area (Å²) in [6.45, 7) is 4.90. The van der Waals surface area contributed by atoms with Gasteiger partial charge in [-0.3, -0.25) is 4.90 Å². The van der Waals surface area contributed by atoms with E-state index in [1.165, 1.54) is 24.5 Å². The first kappa shape index (κ1) is 20.2. The summed E-state index contributed by atoms with van der Waals surface area (Å²) in [5.74, 6) is 0.520. The van der Waals surface area contributed by atoms with Crippen LogP contribution in [0.3, 0.4) is 0 Å². The van der Waals surface area contributed by atoms with E-state index in [-0.39, 0.29) is 17.2 Å². The van der Waals surface area contributed by atoms with E-state index in [4.69, 9.17) is 10.5 Å². The van der Waals surface area contributed by atoms with Gasteiger partial charge in [0.05, 0.1) is 24.5 Å². The van der Waals surface area contributed by atoms with Crippen LogP contribution in [0.5, 0.6) is 0 Å². The SMILES string of the molecule is Nc1c(NCCCN2CCOCC2)ncnc1Nc1ccccc1C(F)(F)F. The van der Waals surface area contributed by atoms with Crippen molar-refractivity contribution in [3.8, 4) is 0 Å². The first-order chi connectivity index (χ1) is 13.4. The van der Waals surface area contributed by atoms with Crippen LogP contribution in [0, 0.1) is 0 Å². The molecule has 0 unspecified atom stereocenters. The summed E-state index contributed by atoms with van der Waals surface area (Å²) in [6, 6.07) is 5.18. The molecular formula is C18H23F3N6O. The van der Waals surface area contributed by atoms with Gasteiger partial charge in [-0.25, -0.2) is 9.97 Å². The minimum atomic E-state index is -4.48. The van der Waals surface area contributed by atoms with Gasteiger partial charge < -0.3 is 21.1 Å². The van der Waals surface area contributed by atoms with E-state index in [2.05, 4.69) is 25.5 Å². The largest absolute Gasteiger partial charge is 0.418 e. The number of aromatic nitrogens is 2. The number of hydrogen-bond acceptors (Lipinski definition) is 7. The molecule has 4 N–H and O–H groups in total. The molecular weight excluding hydrogens is 373 g/mol. The summed E-state index contributed by atoms with van der Waals surface area (Å²) < 4.78 is 44.8. The van der Waals surface area contributed by atoms with Crippen LogP contribution in [0.1, 0.15) is 12.0 Å². The van der Waals surface area contributed by atoms with E-state index in [0.717, 1.165) is 45.3 Å². The standard InChI is InChI=1S/C18H23F3N6O/c19-18(20,21)13-4-1-2-5-14(13)26-17-15(22)16(24-12-25-17)23-6-3-7-27-8-10-28-11-9-27/h1-2,4-5,12H,3,6-11,22H2,(H2,23,24,25,26). The van der Waals surface area contributed by atoms with Crippen LogP contribution >= 0.6 is 0 Å². The van der Waals surface area contributed by atoms with Crippen LogP contribution in [-0.4, -0.2) is 54.3 Å². The second-order valence-electron chi connectivity index (χ2n) is 6.39. The highest BCUT2D eigenvalue weighted by molar-refractivity contribution is 5.78. The average Bonchev–Trinajstić information content (AvgIpc) is 2.68. The molecule has 3 rings (SSSR count). The highest BCUT2D eigenvalue weighted by Crippen LogP contribution is 2.36. The van der Waals surface area contributed by atoms with E-state index in [1.54, 1.807) is 0 Å². The molecule has 1 aliphatic heterocycles. The molecule has 1 fully saturated rings. The fourth-order valence-corrected chi connectivity index (χ4v) is 2.94. The monoisotopic (exact) mass is 396 g/mol. The Labute approximate surface area is 161 Å². The van der Waals surface area contributed by atoms with Crippen molar-refractivity contribution in [2.24, 2.45) is 0 Å². The number of para-hydroxylation sites is 1. The number of alkyl halides is 3. The number of morpholine rings is 1. The van der Waals surface area contributed by atoms with Crippen molar-refractivity contribution < 1.29 is 17.9 Å². The van der Waals surface area contributed by atoms with E-state index in [0.29, 0.717) is 12.4 Å². The maximum atomic E-state index is 13.2. The molecule has 1 aliphatic rings. The van der Waals surface area contributed by atoms with Crippen molar-refractivity contribution >= 4 is 23.0 Å². The summed E-state index contributed by atoms with van der Waals surface area (Å²) in [6.07, 6.45) is -2.34. The van der Waals surface area contributed by atoms with E-state index in [1.807, 2.05) is 0 Å². The average molecular weight is 396 g/mol. The Morgan fingerprint density at radius 1 is 1.11 bits per heavy atom. The van der Waals surface area contributed by atoms with Gasteiger partial charge in [-0.1, -0.05) is 12.1 Å². The summed E-state index contributed by atoms with van der Waals surface area (Å²) in [5, 5.41) is 5.80. The lowest BCUT2D eigenvalue weighted by Crippen LogP contribution is -2.37. The van der Waals surface area contributed by atoms with Crippen molar-refractivity contribution in [2.75, 3.05) is 55.8 Å². The van der Waals surface area contributed by atoms with Gasteiger partial charge in [0, 0.05) is 19.6 Å². The zero-order valence-electron chi connectivity index (χ0n) is 15.3. The molecule has 0 radical (unpaired) electrons. The molecule has 0 atom stereocenters. The van der Waals surface area contributed by atoms with Gasteiger partial charge in [0.25, 0.3) is 0 Å². The van der Waals surface area contributed by atoms with Crippen LogP contribution in [0.15, 0.2) is 30.6 Å². The van der Waals surface area contributed by atoms with Crippen LogP contribution in [-0.2, 0) is 10.9 Å². The second-order valence-corrected chi connectivity index (χ2v) is 6.39. The molecule has 0 bridgehead atoms. The summed E-state index contributed by atoms with van der Waals surface area (Å²) >= 11 is 0. The number of rotatable bonds is 7. The van der Waals surface area contributed by atoms with Gasteiger partial charge in [0.2, 0.25) is 0 Å². The molecule has 1 aromatic heterocycles. The number of halogens is 3. The topological polar surface area (TPSA) is 88.3 Å². The fraction of sp³-hybridized carbons (Fsp3) is 0.444. The van der Waals surface area contributed by atoms with Crippen LogP contribution in [0.2, 0.25) is 0 Å². The summed E-state index contributed by atoms with van der Waals surface area (Å²) in [7, 11) is 0. The molecule has 7 nitrogen and oxygen atoms in total. The summed E-state index contributed by atoms with van der Waals surface area (Å²) in [5.41, 5.74) is 5.33. The van der Waals surface area contributed by atoms with E-state index >= 15 is 0 Å². The number of nitrogens with two attached hydrogens (primary N) is 1. The van der Waals surface area contributed by atoms with Gasteiger partial charge in [0.15, 0.2) is 11.6 Å². The molecule has 1 aromatic carbocycles. The minimum absolute atomic E-state index is 0.112. The maximum Gasteiger partial charge on any atom is 0.418 e. The molecule has 0 amide bonds. The Morgan fingerprint density at radius 3 is 2.57 bits per heavy atom. The Bertz CT molecular complexity index is 780. The molecule has 0 saturated carbocycles. The Hall–Kier alpha value is -2.59. The highest BCUT2D eigenvalue weighted by Gasteiger charge is 2.33. The minimum Gasteiger partial charge on any atom is -0.393 e. The van der Waals surface area contributed by atoms with Gasteiger partial charge in [-0.2, -0.15) is 13.2 Å². The second kappa shape index (κ2) is 9.07. The van der Waals surface area contributed by atoms with Gasteiger partial charge >= 0.3 is 6.18 Å². The number of nitrogen functional groups attached to an aromatic ring is 1. The Morgan fingerprint density at radius 2 is 1.82 bits per heavy atom. The molecule has 2 heterocycles. The third-order valence-electron chi connectivity index (χ3n) is 4.42. The molecule has 0 spiro atoms. The normalized spacial score (nSPS) is 15.4. The zero-order valence-corrected chi connectivity index (χ0v) is 15.3. The molecule has 152 valence electrons. The smallest absolute Gasteiger partial charge is 0.393 e. The van der Waals surface area contributed by atoms with Crippen molar-refractivity contribution in [1.82, 2.24) is 14.9 Å². The van der Waals surface area contributed by atoms with E-state index < -0.39 is 11.7 Å². The number of anilines is 4. The van der Waals surface area contributed by atoms with Crippen molar-refractivity contribution in [2.45, 2.75) is 12.6 Å². The molecule has 10 heteroatoms. The van der Waals surface area contributed by atoms with Crippen LogP contribution in [0.25, 0.3) is 0 Å². The molecule has 2 aromatic rings. The number of nitrogens with zero attached hydrogens (tertiary/aromatic N) is 3. The lowest BCUT2D eigenvalue weighted by atomic mass is 10.1. The number of benzene rings is 1. The molecule has 0 aliphatic carbocycles. The number of hydrogen-bond donors (Lipinski definition) is 3. The van der Waals surface area contributed by atoms with Gasteiger partial charge in [-0.05, 0) is 25.1 Å². The lowest BCUT2D eigenvalue weighted by Gasteiger charge is -2.26. The predicted octanol–water partition coefficient (Wildman–Crippen LogP) is 2.96. The first-order valence-electron chi connectivity index (χ1n) is 9.03. The predicted molar refractivity (Wildman–Crippen MR) is 102 cm³/mol. The number of ether oxygens (including phenoxy) is 1. The van der Waals surface area contributed by atoms with Gasteiger partial charge in [0.1, 0.15) is 12.0 Å². The Balaban J connectivity index is 1.62. The molecule has 1 saturated heterocycles. The summed E-state index contributed by atoms with van der Waals surface area (Å²) in [4.78, 5) is 10.4. The van der Waals surface area contributed by atoms with Crippen molar-refractivity contribution in [1.29, 1.82) is 0 Å². The van der Waals surface area contributed by atoms with Crippen molar-refractivity contribution in [3.05, 3.63) is 36.2 Å². The van der Waals surface area contributed by atoms with Crippen LogP contribution < -0.4 is 16.4 Å². The quantitative estimate of drug-likeness (QED) is 0.620. The third kappa shape index (κ3) is 5.23. The van der Waals surface area contributed by atoms with Crippen molar-refractivity contribution in [3.63, 3.8) is 0 Å². The van der Waals surface area contributed by atoms with E-state index in [9.17, 15) is 13.2 Å². The lowest BCUT2D eigenvalue weighted by molar-refractivity contribution is -0.136. The number of nitrogens with one attached hydrogen (secondary N) is 2. The van der Waals surface area contributed by atoms with Gasteiger partial charge in [-0.15, -0.1) is 0 Å². The first-order valence-corrected chi connectivity index (χ1v) is 9.03. The maximum absolute atomic E-state index is 13.2.